The van der Waals surface area contributed by atoms with E-state index >= 15 is 4.39 Å². The quantitative estimate of drug-likeness (QED) is 0.289. The molecule has 5 nitrogen and oxygen atoms in total. The summed E-state index contributed by atoms with van der Waals surface area (Å²) in [5.41, 5.74) is 2.99. The van der Waals surface area contributed by atoms with Gasteiger partial charge in [-0.2, -0.15) is 0 Å². The minimum absolute atomic E-state index is 0.147. The lowest BCUT2D eigenvalue weighted by Gasteiger charge is -2.43. The van der Waals surface area contributed by atoms with Crippen molar-refractivity contribution in [1.82, 2.24) is 0 Å². The van der Waals surface area contributed by atoms with Crippen LogP contribution < -0.4 is 0 Å². The summed E-state index contributed by atoms with van der Waals surface area (Å²) < 4.78 is 45.4. The van der Waals surface area contributed by atoms with E-state index in [1.807, 2.05) is 91.0 Å². The van der Waals surface area contributed by atoms with Crippen LogP contribution in [0, 0.1) is 0 Å². The zero-order valence-electron chi connectivity index (χ0n) is 20.3. The molecule has 1 saturated heterocycles. The Hall–Kier alpha value is -2.87. The Labute approximate surface area is 212 Å². The third-order valence-electron chi connectivity index (χ3n) is 5.95. The summed E-state index contributed by atoms with van der Waals surface area (Å²) in [5.74, 6) is 0. The Kier molecular flexibility index (Phi) is 10.2. The van der Waals surface area contributed by atoms with Crippen molar-refractivity contribution in [2.24, 2.45) is 0 Å². The van der Waals surface area contributed by atoms with Gasteiger partial charge in [0.05, 0.1) is 33.0 Å². The van der Waals surface area contributed by atoms with E-state index in [4.69, 9.17) is 23.7 Å². The average molecular weight is 493 g/mol. The molecule has 5 unspecified atom stereocenters. The first-order valence-electron chi connectivity index (χ1n) is 12.2. The fourth-order valence-corrected chi connectivity index (χ4v) is 4.15. The molecule has 0 saturated carbocycles. The third kappa shape index (κ3) is 7.56. The molecule has 0 bridgehead atoms. The van der Waals surface area contributed by atoms with Gasteiger partial charge in [0.15, 0.2) is 0 Å². The van der Waals surface area contributed by atoms with Crippen LogP contribution in [0.3, 0.4) is 0 Å². The maximum atomic E-state index is 15.3. The van der Waals surface area contributed by atoms with Gasteiger partial charge in [0, 0.05) is 0 Å². The molecule has 36 heavy (non-hydrogen) atoms. The summed E-state index contributed by atoms with van der Waals surface area (Å²) in [7, 11) is 0. The van der Waals surface area contributed by atoms with E-state index in [1.165, 1.54) is 0 Å². The molecule has 6 heteroatoms. The smallest absolute Gasteiger partial charge is 0.228 e. The first-order chi connectivity index (χ1) is 17.7. The largest absolute Gasteiger partial charge is 0.374 e. The molecule has 4 rings (SSSR count). The molecular formula is C30H33FO5. The van der Waals surface area contributed by atoms with Crippen LogP contribution in [0.5, 0.6) is 0 Å². The van der Waals surface area contributed by atoms with Crippen molar-refractivity contribution in [3.8, 4) is 0 Å². The standard InChI is InChI=1S/C30H33FO5/c1-2-18-33-29-28(35-21-25-16-10-5-11-17-25)27(34-20-24-14-8-4-9-15-24)26(36-30(29)31)22-32-19-23-12-6-3-7-13-23/h2-17,26-30H,1,18-22H2. The maximum Gasteiger partial charge on any atom is 0.228 e. The first kappa shape index (κ1) is 26.2. The maximum absolute atomic E-state index is 15.3. The lowest BCUT2D eigenvalue weighted by atomic mass is 9.98. The zero-order valence-corrected chi connectivity index (χ0v) is 20.3. The number of alkyl halides is 1. The van der Waals surface area contributed by atoms with E-state index in [2.05, 4.69) is 6.58 Å². The van der Waals surface area contributed by atoms with Crippen LogP contribution in [0.4, 0.5) is 4.39 Å². The number of halogens is 1. The van der Waals surface area contributed by atoms with Crippen LogP contribution in [-0.2, 0) is 43.5 Å². The topological polar surface area (TPSA) is 46.2 Å². The zero-order chi connectivity index (χ0) is 25.0. The molecule has 1 fully saturated rings. The van der Waals surface area contributed by atoms with Crippen LogP contribution in [0.2, 0.25) is 0 Å². The lowest BCUT2D eigenvalue weighted by Crippen LogP contribution is -2.60. The fourth-order valence-electron chi connectivity index (χ4n) is 4.15. The summed E-state index contributed by atoms with van der Waals surface area (Å²) in [6, 6.07) is 29.4. The Morgan fingerprint density at radius 1 is 0.667 bits per heavy atom. The Morgan fingerprint density at radius 2 is 1.17 bits per heavy atom. The van der Waals surface area contributed by atoms with Crippen molar-refractivity contribution in [2.75, 3.05) is 13.2 Å². The van der Waals surface area contributed by atoms with Crippen molar-refractivity contribution in [1.29, 1.82) is 0 Å². The second-order valence-electron chi connectivity index (χ2n) is 8.64. The van der Waals surface area contributed by atoms with Crippen LogP contribution in [0.1, 0.15) is 16.7 Å². The summed E-state index contributed by atoms with van der Waals surface area (Å²) >= 11 is 0. The molecule has 1 aliphatic rings. The lowest BCUT2D eigenvalue weighted by molar-refractivity contribution is -0.295. The number of rotatable bonds is 13. The van der Waals surface area contributed by atoms with Crippen molar-refractivity contribution in [3.05, 3.63) is 120 Å². The Bertz CT molecular complexity index is 1020. The van der Waals surface area contributed by atoms with Crippen molar-refractivity contribution < 1.29 is 28.1 Å². The highest BCUT2D eigenvalue weighted by atomic mass is 19.1. The van der Waals surface area contributed by atoms with Gasteiger partial charge in [0.2, 0.25) is 6.36 Å². The van der Waals surface area contributed by atoms with Gasteiger partial charge in [0.25, 0.3) is 0 Å². The average Bonchev–Trinajstić information content (AvgIpc) is 2.92. The van der Waals surface area contributed by atoms with Crippen LogP contribution in [0.25, 0.3) is 0 Å². The molecule has 0 amide bonds. The minimum atomic E-state index is -1.70. The molecule has 0 aromatic heterocycles. The van der Waals surface area contributed by atoms with Gasteiger partial charge < -0.3 is 23.7 Å². The molecule has 190 valence electrons. The Balaban J connectivity index is 1.52. The van der Waals surface area contributed by atoms with Gasteiger partial charge in [-0.25, -0.2) is 4.39 Å². The van der Waals surface area contributed by atoms with E-state index in [1.54, 1.807) is 6.08 Å². The van der Waals surface area contributed by atoms with Gasteiger partial charge in [-0.1, -0.05) is 97.1 Å². The summed E-state index contributed by atoms with van der Waals surface area (Å²) in [6.45, 7) is 4.99. The highest BCUT2D eigenvalue weighted by molar-refractivity contribution is 5.15. The molecule has 0 radical (unpaired) electrons. The molecular weight excluding hydrogens is 459 g/mol. The molecule has 1 aliphatic heterocycles. The number of hydrogen-bond acceptors (Lipinski definition) is 5. The predicted octanol–water partition coefficient (Wildman–Crippen LogP) is 5.64. The monoisotopic (exact) mass is 492 g/mol. The normalized spacial score (nSPS) is 23.9. The molecule has 0 spiro atoms. The van der Waals surface area contributed by atoms with E-state index in [0.29, 0.717) is 13.2 Å². The second kappa shape index (κ2) is 14.0. The fraction of sp³-hybridized carbons (Fsp3) is 0.333. The van der Waals surface area contributed by atoms with Crippen LogP contribution >= 0.6 is 0 Å². The van der Waals surface area contributed by atoms with E-state index in [9.17, 15) is 0 Å². The van der Waals surface area contributed by atoms with Gasteiger partial charge in [-0.15, -0.1) is 6.58 Å². The van der Waals surface area contributed by atoms with Crippen LogP contribution in [-0.4, -0.2) is 44.0 Å². The van der Waals surface area contributed by atoms with E-state index < -0.39 is 30.8 Å². The van der Waals surface area contributed by atoms with E-state index in [0.717, 1.165) is 16.7 Å². The predicted molar refractivity (Wildman–Crippen MR) is 136 cm³/mol. The molecule has 3 aromatic carbocycles. The van der Waals surface area contributed by atoms with Gasteiger partial charge in [0.1, 0.15) is 24.4 Å². The number of ether oxygens (including phenoxy) is 5. The molecule has 0 N–H and O–H groups in total. The minimum Gasteiger partial charge on any atom is -0.374 e. The van der Waals surface area contributed by atoms with Crippen LogP contribution in [0.15, 0.2) is 104 Å². The number of benzene rings is 3. The summed E-state index contributed by atoms with van der Waals surface area (Å²) in [5, 5.41) is 0. The molecule has 3 aromatic rings. The van der Waals surface area contributed by atoms with Crippen molar-refractivity contribution in [3.63, 3.8) is 0 Å². The highest BCUT2D eigenvalue weighted by Gasteiger charge is 2.48. The summed E-state index contributed by atoms with van der Waals surface area (Å²) in [6.07, 6.45) is -3.12. The highest BCUT2D eigenvalue weighted by Crippen LogP contribution is 2.31. The first-order valence-corrected chi connectivity index (χ1v) is 12.2. The Morgan fingerprint density at radius 3 is 1.69 bits per heavy atom. The summed E-state index contributed by atoms with van der Waals surface area (Å²) in [4.78, 5) is 0. The molecule has 5 atom stereocenters. The van der Waals surface area contributed by atoms with Crippen molar-refractivity contribution >= 4 is 0 Å². The second-order valence-corrected chi connectivity index (χ2v) is 8.64. The third-order valence-corrected chi connectivity index (χ3v) is 5.95. The van der Waals surface area contributed by atoms with Gasteiger partial charge in [-0.05, 0) is 16.7 Å². The van der Waals surface area contributed by atoms with Crippen molar-refractivity contribution in [2.45, 2.75) is 50.6 Å². The molecule has 0 aliphatic carbocycles. The van der Waals surface area contributed by atoms with Gasteiger partial charge in [-0.3, -0.25) is 0 Å². The molecule has 1 heterocycles. The van der Waals surface area contributed by atoms with Gasteiger partial charge >= 0.3 is 0 Å². The SMILES string of the molecule is C=CCOC1C(F)OC(COCc2ccccc2)C(OCc2ccccc2)C1OCc1ccccc1. The van der Waals surface area contributed by atoms with E-state index in [-0.39, 0.29) is 19.8 Å². The number of hydrogen-bond donors (Lipinski definition) is 0.